The zero-order chi connectivity index (χ0) is 17.9. The highest BCUT2D eigenvalue weighted by atomic mass is 35.5. The molecule has 1 aromatic heterocycles. The zero-order valence-electron chi connectivity index (χ0n) is 14.4. The second-order valence-electron chi connectivity index (χ2n) is 6.61. The van der Waals surface area contributed by atoms with Gasteiger partial charge in [0, 0.05) is 12.6 Å². The van der Waals surface area contributed by atoms with Crippen LogP contribution in [0.15, 0.2) is 29.4 Å². The van der Waals surface area contributed by atoms with Crippen LogP contribution in [0.2, 0.25) is 5.02 Å². The van der Waals surface area contributed by atoms with E-state index in [0.717, 1.165) is 49.6 Å². The first-order valence-electron chi connectivity index (χ1n) is 8.98. The molecule has 0 radical (unpaired) electrons. The Hall–Kier alpha value is -1.73. The number of carbonyl (C=O) groups is 1. The van der Waals surface area contributed by atoms with Gasteiger partial charge in [-0.3, -0.25) is 9.36 Å². The Bertz CT molecular complexity index is 793. The standard InChI is InChI=1S/C18H21ClN4O2S/c19-13-5-1-2-6-14(13)25-11-16-21-22-18(23(16)12-8-9-12)26-15-7-3-4-10-20-17(15)24/h1-2,5-6,12,15H,3-4,7-11H2,(H,20,24)/t15-/m0/s1. The summed E-state index contributed by atoms with van der Waals surface area (Å²) in [5.41, 5.74) is 0. The fourth-order valence-electron chi connectivity index (χ4n) is 3.04. The van der Waals surface area contributed by atoms with E-state index < -0.39 is 0 Å². The lowest BCUT2D eigenvalue weighted by molar-refractivity contribution is -0.120. The molecule has 1 saturated carbocycles. The summed E-state index contributed by atoms with van der Waals surface area (Å²) < 4.78 is 7.98. The molecule has 2 aliphatic rings. The molecule has 2 fully saturated rings. The number of halogens is 1. The van der Waals surface area contributed by atoms with Crippen molar-refractivity contribution in [3.05, 3.63) is 35.1 Å². The van der Waals surface area contributed by atoms with Crippen molar-refractivity contribution in [1.82, 2.24) is 20.1 Å². The molecule has 1 N–H and O–H groups in total. The van der Waals surface area contributed by atoms with Crippen LogP contribution in [0.3, 0.4) is 0 Å². The van der Waals surface area contributed by atoms with E-state index in [9.17, 15) is 4.79 Å². The Morgan fingerprint density at radius 3 is 2.88 bits per heavy atom. The Morgan fingerprint density at radius 2 is 2.08 bits per heavy atom. The molecule has 1 saturated heterocycles. The summed E-state index contributed by atoms with van der Waals surface area (Å²) >= 11 is 7.68. The minimum atomic E-state index is -0.100. The number of hydrogen-bond donors (Lipinski definition) is 1. The van der Waals surface area contributed by atoms with Gasteiger partial charge in [-0.15, -0.1) is 10.2 Å². The SMILES string of the molecule is O=C1NCCCC[C@@H]1Sc1nnc(COc2ccccc2Cl)n1C1CC1. The molecular weight excluding hydrogens is 372 g/mol. The van der Waals surface area contributed by atoms with Crippen molar-refractivity contribution in [3.63, 3.8) is 0 Å². The number of benzene rings is 1. The van der Waals surface area contributed by atoms with Crippen molar-refractivity contribution in [3.8, 4) is 5.75 Å². The molecule has 138 valence electrons. The third-order valence-electron chi connectivity index (χ3n) is 4.57. The monoisotopic (exact) mass is 392 g/mol. The number of thioether (sulfide) groups is 1. The van der Waals surface area contributed by atoms with E-state index >= 15 is 0 Å². The predicted molar refractivity (Wildman–Crippen MR) is 101 cm³/mol. The molecule has 26 heavy (non-hydrogen) atoms. The molecule has 6 nitrogen and oxygen atoms in total. The maximum atomic E-state index is 12.2. The fourth-order valence-corrected chi connectivity index (χ4v) is 4.42. The van der Waals surface area contributed by atoms with Crippen molar-refractivity contribution < 1.29 is 9.53 Å². The maximum Gasteiger partial charge on any atom is 0.233 e. The van der Waals surface area contributed by atoms with Crippen LogP contribution in [0.1, 0.15) is 44.0 Å². The minimum Gasteiger partial charge on any atom is -0.484 e. The highest BCUT2D eigenvalue weighted by molar-refractivity contribution is 8.00. The average Bonchev–Trinajstić information content (AvgIpc) is 3.43. The van der Waals surface area contributed by atoms with Crippen LogP contribution in [0.5, 0.6) is 5.75 Å². The number of nitrogens with one attached hydrogen (secondary N) is 1. The number of ether oxygens (including phenoxy) is 1. The summed E-state index contributed by atoms with van der Waals surface area (Å²) in [6.45, 7) is 1.08. The molecule has 0 unspecified atom stereocenters. The van der Waals surface area contributed by atoms with Gasteiger partial charge in [0.2, 0.25) is 5.91 Å². The first-order valence-corrected chi connectivity index (χ1v) is 10.2. The van der Waals surface area contributed by atoms with E-state index in [1.54, 1.807) is 6.07 Å². The van der Waals surface area contributed by atoms with Crippen LogP contribution >= 0.6 is 23.4 Å². The average molecular weight is 393 g/mol. The summed E-state index contributed by atoms with van der Waals surface area (Å²) in [5.74, 6) is 1.52. The van der Waals surface area contributed by atoms with Crippen LogP contribution in [-0.2, 0) is 11.4 Å². The molecule has 1 atom stereocenters. The quantitative estimate of drug-likeness (QED) is 0.813. The summed E-state index contributed by atoms with van der Waals surface area (Å²) in [4.78, 5) is 12.2. The summed E-state index contributed by atoms with van der Waals surface area (Å²) in [5, 5.41) is 13.0. The lowest BCUT2D eigenvalue weighted by Crippen LogP contribution is -2.30. The van der Waals surface area contributed by atoms with E-state index in [1.165, 1.54) is 11.8 Å². The number of para-hydroxylation sites is 1. The lowest BCUT2D eigenvalue weighted by Gasteiger charge is -2.14. The van der Waals surface area contributed by atoms with Crippen molar-refractivity contribution in [1.29, 1.82) is 0 Å². The fraction of sp³-hybridized carbons (Fsp3) is 0.500. The summed E-state index contributed by atoms with van der Waals surface area (Å²) in [6, 6.07) is 7.80. The molecule has 1 aromatic carbocycles. The lowest BCUT2D eigenvalue weighted by atomic mass is 10.2. The topological polar surface area (TPSA) is 69.0 Å². The van der Waals surface area contributed by atoms with Crippen molar-refractivity contribution in [2.45, 2.75) is 55.2 Å². The molecule has 2 heterocycles. The third-order valence-corrected chi connectivity index (χ3v) is 6.11. The highest BCUT2D eigenvalue weighted by Crippen LogP contribution is 2.40. The van der Waals surface area contributed by atoms with E-state index in [0.29, 0.717) is 23.4 Å². The molecular formula is C18H21ClN4O2S. The normalized spacial score (nSPS) is 20.5. The van der Waals surface area contributed by atoms with Gasteiger partial charge in [0.15, 0.2) is 11.0 Å². The third kappa shape index (κ3) is 3.99. The van der Waals surface area contributed by atoms with E-state index in [-0.39, 0.29) is 11.2 Å². The Morgan fingerprint density at radius 1 is 1.23 bits per heavy atom. The van der Waals surface area contributed by atoms with E-state index in [2.05, 4.69) is 20.1 Å². The van der Waals surface area contributed by atoms with E-state index in [4.69, 9.17) is 16.3 Å². The van der Waals surface area contributed by atoms with Crippen LogP contribution in [-0.4, -0.2) is 32.5 Å². The Labute approximate surface area is 161 Å². The Kier molecular flexibility index (Phi) is 5.36. The van der Waals surface area contributed by atoms with Crippen molar-refractivity contribution in [2.75, 3.05) is 6.54 Å². The van der Waals surface area contributed by atoms with Crippen LogP contribution in [0, 0.1) is 0 Å². The molecule has 0 spiro atoms. The predicted octanol–water partition coefficient (Wildman–Crippen LogP) is 3.61. The van der Waals surface area contributed by atoms with Gasteiger partial charge in [-0.1, -0.05) is 41.9 Å². The van der Waals surface area contributed by atoms with E-state index in [1.807, 2.05) is 18.2 Å². The number of nitrogens with zero attached hydrogens (tertiary/aromatic N) is 3. The number of aromatic nitrogens is 3. The van der Waals surface area contributed by atoms with Gasteiger partial charge in [-0.25, -0.2) is 0 Å². The van der Waals surface area contributed by atoms with Crippen LogP contribution in [0.4, 0.5) is 0 Å². The highest BCUT2D eigenvalue weighted by Gasteiger charge is 2.32. The number of hydrogen-bond acceptors (Lipinski definition) is 5. The summed E-state index contributed by atoms with van der Waals surface area (Å²) in [7, 11) is 0. The van der Waals surface area contributed by atoms with Gasteiger partial charge in [0.05, 0.1) is 10.3 Å². The minimum absolute atomic E-state index is 0.100. The second kappa shape index (κ2) is 7.88. The Balaban J connectivity index is 1.50. The molecule has 1 aliphatic heterocycles. The number of amides is 1. The molecule has 4 rings (SSSR count). The number of carbonyl (C=O) groups excluding carboxylic acids is 1. The van der Waals surface area contributed by atoms with Crippen molar-refractivity contribution in [2.24, 2.45) is 0 Å². The molecule has 8 heteroatoms. The van der Waals surface area contributed by atoms with Gasteiger partial charge >= 0.3 is 0 Å². The largest absolute Gasteiger partial charge is 0.484 e. The molecule has 0 bridgehead atoms. The van der Waals surface area contributed by atoms with Crippen LogP contribution < -0.4 is 10.1 Å². The second-order valence-corrected chi connectivity index (χ2v) is 8.19. The first kappa shape index (κ1) is 17.7. The van der Waals surface area contributed by atoms with Gasteiger partial charge in [-0.2, -0.15) is 0 Å². The molecule has 2 aromatic rings. The zero-order valence-corrected chi connectivity index (χ0v) is 15.9. The van der Waals surface area contributed by atoms with Gasteiger partial charge in [0.1, 0.15) is 12.4 Å². The van der Waals surface area contributed by atoms with Gasteiger partial charge in [-0.05, 0) is 37.8 Å². The molecule has 1 aliphatic carbocycles. The summed E-state index contributed by atoms with van der Waals surface area (Å²) in [6.07, 6.45) is 5.19. The van der Waals surface area contributed by atoms with Gasteiger partial charge in [0.25, 0.3) is 0 Å². The van der Waals surface area contributed by atoms with Crippen LogP contribution in [0.25, 0.3) is 0 Å². The smallest absolute Gasteiger partial charge is 0.233 e. The van der Waals surface area contributed by atoms with Crippen molar-refractivity contribution >= 4 is 29.3 Å². The number of rotatable bonds is 6. The maximum absolute atomic E-state index is 12.2. The van der Waals surface area contributed by atoms with Gasteiger partial charge < -0.3 is 10.1 Å². The first-order chi connectivity index (χ1) is 12.7. The molecule has 1 amide bonds.